The Hall–Kier alpha value is -1.19. The fourth-order valence-electron chi connectivity index (χ4n) is 2.17. The number of carbonyl (C=O) groups is 1. The molecule has 0 saturated heterocycles. The van der Waals surface area contributed by atoms with Crippen molar-refractivity contribution < 1.29 is 14.3 Å². The molecule has 1 aliphatic heterocycles. The van der Waals surface area contributed by atoms with E-state index in [-0.39, 0.29) is 24.6 Å². The van der Waals surface area contributed by atoms with E-state index < -0.39 is 0 Å². The second kappa shape index (κ2) is 6.12. The first kappa shape index (κ1) is 13.2. The molecular formula is C15H20O3. The molecule has 0 spiro atoms. The van der Waals surface area contributed by atoms with E-state index >= 15 is 0 Å². The topological polar surface area (TPSA) is 35.5 Å². The summed E-state index contributed by atoms with van der Waals surface area (Å²) in [4.78, 5) is 11.8. The van der Waals surface area contributed by atoms with Crippen molar-refractivity contribution in [2.45, 2.75) is 38.9 Å². The van der Waals surface area contributed by atoms with Gasteiger partial charge in [0, 0.05) is 6.42 Å². The lowest BCUT2D eigenvalue weighted by Crippen LogP contribution is -2.21. The van der Waals surface area contributed by atoms with E-state index in [0.29, 0.717) is 13.0 Å². The number of rotatable bonds is 5. The van der Waals surface area contributed by atoms with Crippen LogP contribution in [0.25, 0.3) is 0 Å². The predicted octanol–water partition coefficient (Wildman–Crippen LogP) is 2.68. The highest BCUT2D eigenvalue weighted by molar-refractivity contribution is 5.80. The van der Waals surface area contributed by atoms with Crippen LogP contribution in [0.2, 0.25) is 0 Å². The van der Waals surface area contributed by atoms with E-state index in [0.717, 1.165) is 12.0 Å². The van der Waals surface area contributed by atoms with Crippen molar-refractivity contribution in [3.05, 3.63) is 35.4 Å². The Morgan fingerprint density at radius 3 is 3.00 bits per heavy atom. The van der Waals surface area contributed by atoms with Gasteiger partial charge in [-0.1, -0.05) is 24.3 Å². The van der Waals surface area contributed by atoms with Gasteiger partial charge >= 0.3 is 0 Å². The molecule has 2 rings (SSSR count). The van der Waals surface area contributed by atoms with Gasteiger partial charge in [0.15, 0.2) is 5.78 Å². The molecule has 0 fully saturated rings. The summed E-state index contributed by atoms with van der Waals surface area (Å²) >= 11 is 0. The van der Waals surface area contributed by atoms with Crippen molar-refractivity contribution in [3.8, 4) is 0 Å². The standard InChI is InChI=1S/C15H20O3/c1-11(2)18-10-13(16)9-15-14-6-4-3-5-12(14)7-8-17-15/h3-6,11,15H,7-10H2,1-2H3. The molecule has 0 radical (unpaired) electrons. The summed E-state index contributed by atoms with van der Waals surface area (Å²) in [5.74, 6) is 0.102. The van der Waals surface area contributed by atoms with E-state index in [1.165, 1.54) is 5.56 Å². The van der Waals surface area contributed by atoms with Crippen LogP contribution in [0.4, 0.5) is 0 Å². The van der Waals surface area contributed by atoms with E-state index in [4.69, 9.17) is 9.47 Å². The lowest BCUT2D eigenvalue weighted by molar-refractivity contribution is -0.128. The predicted molar refractivity (Wildman–Crippen MR) is 69.6 cm³/mol. The number of hydrogen-bond acceptors (Lipinski definition) is 3. The summed E-state index contributed by atoms with van der Waals surface area (Å²) in [6.07, 6.45) is 1.33. The maximum Gasteiger partial charge on any atom is 0.161 e. The lowest BCUT2D eigenvalue weighted by Gasteiger charge is -2.25. The normalized spacial score (nSPS) is 18.7. The highest BCUT2D eigenvalue weighted by Gasteiger charge is 2.22. The first-order chi connectivity index (χ1) is 8.66. The largest absolute Gasteiger partial charge is 0.373 e. The zero-order chi connectivity index (χ0) is 13.0. The summed E-state index contributed by atoms with van der Waals surface area (Å²) in [7, 11) is 0. The third kappa shape index (κ3) is 3.40. The minimum atomic E-state index is -0.0989. The Balaban J connectivity index is 1.96. The molecule has 98 valence electrons. The van der Waals surface area contributed by atoms with Gasteiger partial charge in [0.1, 0.15) is 6.61 Å². The molecule has 0 aromatic heterocycles. The van der Waals surface area contributed by atoms with Crippen LogP contribution in [0, 0.1) is 0 Å². The molecule has 1 heterocycles. The maximum absolute atomic E-state index is 11.8. The Labute approximate surface area is 108 Å². The average molecular weight is 248 g/mol. The number of Topliss-reactive ketones (excluding diaryl/α,β-unsaturated/α-hetero) is 1. The molecule has 0 aliphatic carbocycles. The number of ether oxygens (including phenoxy) is 2. The number of fused-ring (bicyclic) bond motifs is 1. The lowest BCUT2D eigenvalue weighted by atomic mass is 9.95. The van der Waals surface area contributed by atoms with E-state index in [9.17, 15) is 4.79 Å². The van der Waals surface area contributed by atoms with Gasteiger partial charge in [-0.25, -0.2) is 0 Å². The van der Waals surface area contributed by atoms with Crippen LogP contribution >= 0.6 is 0 Å². The van der Waals surface area contributed by atoms with Crippen LogP contribution in [0.5, 0.6) is 0 Å². The number of carbonyl (C=O) groups excluding carboxylic acids is 1. The second-order valence-corrected chi connectivity index (χ2v) is 4.91. The molecule has 18 heavy (non-hydrogen) atoms. The van der Waals surface area contributed by atoms with Crippen molar-refractivity contribution in [2.24, 2.45) is 0 Å². The average Bonchev–Trinajstić information content (AvgIpc) is 2.37. The molecule has 3 nitrogen and oxygen atoms in total. The fraction of sp³-hybridized carbons (Fsp3) is 0.533. The highest BCUT2D eigenvalue weighted by Crippen LogP contribution is 2.29. The van der Waals surface area contributed by atoms with Crippen LogP contribution in [0.3, 0.4) is 0 Å². The maximum atomic E-state index is 11.8. The van der Waals surface area contributed by atoms with Crippen molar-refractivity contribution in [3.63, 3.8) is 0 Å². The van der Waals surface area contributed by atoms with Crippen molar-refractivity contribution in [1.29, 1.82) is 0 Å². The Morgan fingerprint density at radius 1 is 1.44 bits per heavy atom. The van der Waals surface area contributed by atoms with Crippen LogP contribution in [0.15, 0.2) is 24.3 Å². The minimum Gasteiger partial charge on any atom is -0.373 e. The molecule has 0 N–H and O–H groups in total. The molecule has 1 aromatic rings. The molecule has 1 atom stereocenters. The smallest absolute Gasteiger partial charge is 0.161 e. The van der Waals surface area contributed by atoms with E-state index in [1.54, 1.807) is 0 Å². The van der Waals surface area contributed by atoms with Crippen LogP contribution in [-0.4, -0.2) is 25.1 Å². The van der Waals surface area contributed by atoms with Gasteiger partial charge in [0.25, 0.3) is 0 Å². The van der Waals surface area contributed by atoms with Gasteiger partial charge < -0.3 is 9.47 Å². The summed E-state index contributed by atoms with van der Waals surface area (Å²) in [5, 5.41) is 0. The summed E-state index contributed by atoms with van der Waals surface area (Å²) in [6, 6.07) is 8.19. The quantitative estimate of drug-likeness (QED) is 0.803. The molecule has 0 amide bonds. The van der Waals surface area contributed by atoms with Gasteiger partial charge in [-0.05, 0) is 31.4 Å². The van der Waals surface area contributed by atoms with Gasteiger partial charge in [0.05, 0.1) is 18.8 Å². The molecule has 1 aromatic carbocycles. The second-order valence-electron chi connectivity index (χ2n) is 4.91. The third-order valence-corrected chi connectivity index (χ3v) is 3.08. The zero-order valence-corrected chi connectivity index (χ0v) is 11.0. The van der Waals surface area contributed by atoms with Gasteiger partial charge in [-0.2, -0.15) is 0 Å². The van der Waals surface area contributed by atoms with Crippen LogP contribution < -0.4 is 0 Å². The van der Waals surface area contributed by atoms with Crippen LogP contribution in [-0.2, 0) is 20.7 Å². The molecule has 1 unspecified atom stereocenters. The third-order valence-electron chi connectivity index (χ3n) is 3.08. The highest BCUT2D eigenvalue weighted by atomic mass is 16.5. The molecule has 0 bridgehead atoms. The zero-order valence-electron chi connectivity index (χ0n) is 11.0. The monoisotopic (exact) mass is 248 g/mol. The van der Waals surface area contributed by atoms with Crippen molar-refractivity contribution in [1.82, 2.24) is 0 Å². The molecule has 1 aliphatic rings. The van der Waals surface area contributed by atoms with Gasteiger partial charge in [-0.15, -0.1) is 0 Å². The number of hydrogen-bond donors (Lipinski definition) is 0. The van der Waals surface area contributed by atoms with E-state index in [1.807, 2.05) is 26.0 Å². The van der Waals surface area contributed by atoms with Gasteiger partial charge in [0.2, 0.25) is 0 Å². The van der Waals surface area contributed by atoms with Gasteiger partial charge in [-0.3, -0.25) is 4.79 Å². The van der Waals surface area contributed by atoms with Crippen molar-refractivity contribution in [2.75, 3.05) is 13.2 Å². The van der Waals surface area contributed by atoms with E-state index in [2.05, 4.69) is 12.1 Å². The molecule has 0 saturated carbocycles. The summed E-state index contributed by atoms with van der Waals surface area (Å²) < 4.78 is 11.0. The first-order valence-electron chi connectivity index (χ1n) is 6.49. The minimum absolute atomic E-state index is 0.0912. The number of benzene rings is 1. The first-order valence-corrected chi connectivity index (χ1v) is 6.49. The molecular weight excluding hydrogens is 228 g/mol. The summed E-state index contributed by atoms with van der Waals surface area (Å²) in [5.41, 5.74) is 2.45. The SMILES string of the molecule is CC(C)OCC(=O)CC1OCCc2ccccc21. The molecule has 3 heteroatoms. The van der Waals surface area contributed by atoms with Crippen LogP contribution in [0.1, 0.15) is 37.5 Å². The summed E-state index contributed by atoms with van der Waals surface area (Å²) in [6.45, 7) is 4.74. The number of ketones is 1. The Bertz CT molecular complexity index is 412. The van der Waals surface area contributed by atoms with Crippen molar-refractivity contribution >= 4 is 5.78 Å². The fourth-order valence-corrected chi connectivity index (χ4v) is 2.17. The Morgan fingerprint density at radius 2 is 2.22 bits per heavy atom. The Kier molecular flexibility index (Phi) is 4.50.